The van der Waals surface area contributed by atoms with E-state index >= 15 is 0 Å². The maximum atomic E-state index is 8.76. The topological polar surface area (TPSA) is 25.8 Å². The highest BCUT2D eigenvalue weighted by Gasteiger charge is 2.16. The maximum Gasteiger partial charge on any atom is 0.124 e. The second-order valence-electron chi connectivity index (χ2n) is 7.32. The lowest BCUT2D eigenvalue weighted by atomic mass is 9.86. The molecule has 1 aromatic carbocycles. The molecule has 0 amide bonds. The number of thiophene rings is 1. The van der Waals surface area contributed by atoms with Crippen LogP contribution in [0.2, 0.25) is 0 Å². The Morgan fingerprint density at radius 1 is 1.12 bits per heavy atom. The van der Waals surface area contributed by atoms with Crippen molar-refractivity contribution in [3.8, 4) is 11.3 Å². The highest BCUT2D eigenvalue weighted by Crippen LogP contribution is 2.39. The van der Waals surface area contributed by atoms with Crippen molar-refractivity contribution in [2.75, 3.05) is 0 Å². The van der Waals surface area contributed by atoms with Crippen molar-refractivity contribution in [2.24, 2.45) is 5.41 Å². The minimum Gasteiger partial charge on any atom is -0.256 e. The van der Waals surface area contributed by atoms with E-state index in [1.54, 1.807) is 26.8 Å². The monoisotopic (exact) mass is 368 g/mol. The van der Waals surface area contributed by atoms with Crippen molar-refractivity contribution in [2.45, 2.75) is 40.8 Å². The molecule has 0 saturated heterocycles. The van der Waals surface area contributed by atoms with Gasteiger partial charge in [-0.3, -0.25) is 4.98 Å². The summed E-state index contributed by atoms with van der Waals surface area (Å²) in [4.78, 5) is 9.36. The van der Waals surface area contributed by atoms with Crippen molar-refractivity contribution in [3.05, 3.63) is 59.4 Å². The molecule has 0 saturated carbocycles. The number of pyridine rings is 2. The molecule has 3 heteroatoms. The first-order valence-electron chi connectivity index (χ1n) is 12.4. The van der Waals surface area contributed by atoms with Gasteiger partial charge in [-0.2, -0.15) is 0 Å². The minimum absolute atomic E-state index is 0.0221. The molecule has 4 aromatic rings. The zero-order chi connectivity index (χ0) is 25.3. The summed E-state index contributed by atoms with van der Waals surface area (Å²) >= 11 is 1.34. The van der Waals surface area contributed by atoms with Crippen LogP contribution in [0.15, 0.2) is 42.6 Å². The van der Waals surface area contributed by atoms with Crippen LogP contribution in [0.5, 0.6) is 0 Å². The minimum atomic E-state index is -2.52. The van der Waals surface area contributed by atoms with E-state index in [2.05, 4.69) is 9.97 Å². The second-order valence-corrected chi connectivity index (χ2v) is 8.32. The van der Waals surface area contributed by atoms with Gasteiger partial charge in [-0.05, 0) is 54.8 Å². The molecule has 2 nitrogen and oxygen atoms in total. The lowest BCUT2D eigenvalue weighted by molar-refractivity contribution is 0.410. The number of aromatic nitrogens is 2. The average Bonchev–Trinajstić information content (AvgIpc) is 3.09. The number of hydrogen-bond acceptors (Lipinski definition) is 3. The van der Waals surface area contributed by atoms with Crippen LogP contribution in [0, 0.1) is 19.1 Å². The van der Waals surface area contributed by atoms with Crippen LogP contribution in [0.4, 0.5) is 0 Å². The van der Waals surface area contributed by atoms with E-state index in [0.29, 0.717) is 16.1 Å². The fraction of sp³-hybridized carbons (Fsp3) is 0.304. The highest BCUT2D eigenvalue weighted by molar-refractivity contribution is 7.26. The summed E-state index contributed by atoms with van der Waals surface area (Å²) in [6.07, 6.45) is -0.684. The van der Waals surface area contributed by atoms with E-state index in [1.807, 2.05) is 18.2 Å². The van der Waals surface area contributed by atoms with E-state index in [9.17, 15) is 0 Å². The van der Waals surface area contributed by atoms with Gasteiger partial charge < -0.3 is 0 Å². The fourth-order valence-electron chi connectivity index (χ4n) is 2.99. The first-order chi connectivity index (χ1) is 15.5. The van der Waals surface area contributed by atoms with Crippen LogP contribution >= 0.6 is 11.3 Å². The zero-order valence-corrected chi connectivity index (χ0v) is 15.7. The van der Waals surface area contributed by atoms with Crippen molar-refractivity contribution < 1.29 is 11.0 Å². The predicted molar refractivity (Wildman–Crippen MR) is 113 cm³/mol. The van der Waals surface area contributed by atoms with E-state index < -0.39 is 25.5 Å². The Labute approximate surface area is 170 Å². The van der Waals surface area contributed by atoms with E-state index in [1.165, 1.54) is 29.7 Å². The van der Waals surface area contributed by atoms with Gasteiger partial charge in [-0.15, -0.1) is 11.3 Å². The lowest BCUT2D eigenvalue weighted by Gasteiger charge is -2.20. The van der Waals surface area contributed by atoms with Crippen LogP contribution in [0.25, 0.3) is 31.6 Å². The molecule has 0 radical (unpaired) electrons. The quantitative estimate of drug-likeness (QED) is 0.392. The summed E-state index contributed by atoms with van der Waals surface area (Å²) in [5, 5.41) is 1.70. The molecule has 26 heavy (non-hydrogen) atoms. The smallest absolute Gasteiger partial charge is 0.124 e. The Morgan fingerprint density at radius 2 is 2.00 bits per heavy atom. The lowest BCUT2D eigenvalue weighted by Crippen LogP contribution is -2.10. The maximum absolute atomic E-state index is 8.76. The first kappa shape index (κ1) is 10.2. The Kier molecular flexibility index (Phi) is 2.41. The molecule has 132 valence electrons. The van der Waals surface area contributed by atoms with Crippen LogP contribution in [-0.2, 0) is 6.37 Å². The number of hydrogen-bond donors (Lipinski definition) is 0. The Bertz CT molecular complexity index is 1390. The summed E-state index contributed by atoms with van der Waals surface area (Å²) in [5.41, 5.74) is 0.303. The third-order valence-electron chi connectivity index (χ3n) is 4.05. The van der Waals surface area contributed by atoms with E-state index in [-0.39, 0.29) is 16.8 Å². The first-order valence-corrected chi connectivity index (χ1v) is 9.17. The van der Waals surface area contributed by atoms with Crippen molar-refractivity contribution in [1.29, 1.82) is 0 Å². The normalized spacial score (nSPS) is 18.3. The third kappa shape index (κ3) is 3.12. The standard InChI is InChI=1S/C23H24N2S/c1-14-13-24-20(11-16(14)12-23(3,4)5)19-8-6-7-17-18-10-9-15(2)25-22(18)26-21(17)19/h6-11,13H,12H2,1-5H3/i1D3,2D3,12D2. The van der Waals surface area contributed by atoms with Gasteiger partial charge in [0.2, 0.25) is 0 Å². The molecule has 0 bridgehead atoms. The molecule has 0 N–H and O–H groups in total. The summed E-state index contributed by atoms with van der Waals surface area (Å²) in [6, 6.07) is 10.4. The SMILES string of the molecule is [2H]C([2H])([2H])c1ccc2c(n1)sc1c(-c3cc(C([2H])([2H])C(C)(C)C)c(C([2H])([2H])[2H])cn3)cccc12. The Balaban J connectivity index is 1.98. The largest absolute Gasteiger partial charge is 0.256 e. The number of fused-ring (bicyclic) bond motifs is 3. The van der Waals surface area contributed by atoms with Gasteiger partial charge in [-0.1, -0.05) is 39.0 Å². The van der Waals surface area contributed by atoms with Crippen LogP contribution in [-0.4, -0.2) is 9.97 Å². The van der Waals surface area contributed by atoms with Crippen molar-refractivity contribution >= 4 is 31.6 Å². The van der Waals surface area contributed by atoms with Crippen LogP contribution in [0.3, 0.4) is 0 Å². The van der Waals surface area contributed by atoms with Gasteiger partial charge in [0.25, 0.3) is 0 Å². The molecule has 0 unspecified atom stereocenters. The predicted octanol–water partition coefficient (Wildman–Crippen LogP) is 6.72. The third-order valence-corrected chi connectivity index (χ3v) is 5.20. The number of aryl methyl sites for hydroxylation is 2. The van der Waals surface area contributed by atoms with Crippen molar-refractivity contribution in [1.82, 2.24) is 9.97 Å². The van der Waals surface area contributed by atoms with Gasteiger partial charge in [0, 0.05) is 43.9 Å². The van der Waals surface area contributed by atoms with Gasteiger partial charge in [-0.25, -0.2) is 4.98 Å². The molecule has 4 rings (SSSR count). The van der Waals surface area contributed by atoms with Crippen LogP contribution < -0.4 is 0 Å². The molecule has 0 atom stereocenters. The summed E-state index contributed by atoms with van der Waals surface area (Å²) in [5.74, 6) is 0. The number of benzene rings is 1. The van der Waals surface area contributed by atoms with Gasteiger partial charge in [0.1, 0.15) is 4.83 Å². The zero-order valence-electron chi connectivity index (χ0n) is 22.8. The summed E-state index contributed by atoms with van der Waals surface area (Å²) < 4.78 is 65.0. The molecule has 0 spiro atoms. The molecule has 0 aliphatic heterocycles. The molecule has 0 aliphatic carbocycles. The fourth-order valence-corrected chi connectivity index (χ4v) is 4.19. The highest BCUT2D eigenvalue weighted by atomic mass is 32.1. The Hall–Kier alpha value is -2.26. The number of rotatable bonds is 2. The molecule has 0 fully saturated rings. The van der Waals surface area contributed by atoms with Crippen LogP contribution in [0.1, 0.15) is 48.6 Å². The molecular formula is C23H24N2S. The Morgan fingerprint density at radius 3 is 2.77 bits per heavy atom. The van der Waals surface area contributed by atoms with Gasteiger partial charge in [0.15, 0.2) is 0 Å². The molecule has 3 heterocycles. The molecule has 3 aromatic heterocycles. The van der Waals surface area contributed by atoms with Gasteiger partial charge >= 0.3 is 0 Å². The van der Waals surface area contributed by atoms with E-state index in [4.69, 9.17) is 11.0 Å². The van der Waals surface area contributed by atoms with Crippen molar-refractivity contribution in [3.63, 3.8) is 0 Å². The molecular weight excluding hydrogens is 336 g/mol. The van der Waals surface area contributed by atoms with E-state index in [0.717, 1.165) is 15.5 Å². The second kappa shape index (κ2) is 6.17. The number of nitrogens with zero attached hydrogens (tertiary/aromatic N) is 2. The summed E-state index contributed by atoms with van der Waals surface area (Å²) in [7, 11) is 0. The summed E-state index contributed by atoms with van der Waals surface area (Å²) in [6.45, 7) is 0.373. The van der Waals surface area contributed by atoms with Gasteiger partial charge in [0.05, 0.1) is 5.69 Å². The molecule has 0 aliphatic rings. The average molecular weight is 369 g/mol.